The molecular weight excluding hydrogens is 609 g/mol. The number of nitrogens with zero attached hydrogens (tertiary/aromatic N) is 3. The van der Waals surface area contributed by atoms with Gasteiger partial charge in [-0.2, -0.15) is 5.26 Å². The maximum atomic E-state index is 13.3. The Balaban J connectivity index is 1.27. The standard InChI is InChI=1S/C32H21Cl2N3O5S/c1-18-13-21(16-35)30(36-29(18)19-5-3-2-4-6-19)43-27-15-28(39)37(31(27)40)23-10-7-20(8-11-23)32(41)42-17-26(38)24-12-9-22(33)14-25(24)34/h2-14,27H,15,17H2,1H3. The van der Waals surface area contributed by atoms with Crippen molar-refractivity contribution in [2.24, 2.45) is 0 Å². The Bertz CT molecular complexity index is 1810. The summed E-state index contributed by atoms with van der Waals surface area (Å²) in [6.07, 6.45) is -0.0796. The fourth-order valence-corrected chi connectivity index (χ4v) is 6.10. The summed E-state index contributed by atoms with van der Waals surface area (Å²) in [5.41, 5.74) is 3.28. The molecule has 1 aliphatic rings. The second-order valence-electron chi connectivity index (χ2n) is 9.53. The number of nitriles is 1. The van der Waals surface area contributed by atoms with Gasteiger partial charge in [0.25, 0.3) is 0 Å². The number of thioether (sulfide) groups is 1. The van der Waals surface area contributed by atoms with E-state index in [1.54, 1.807) is 6.07 Å². The highest BCUT2D eigenvalue weighted by molar-refractivity contribution is 8.00. The average Bonchev–Trinajstić information content (AvgIpc) is 3.28. The highest BCUT2D eigenvalue weighted by atomic mass is 35.5. The normalized spacial score (nSPS) is 14.5. The zero-order chi connectivity index (χ0) is 30.7. The molecule has 1 unspecified atom stereocenters. The van der Waals surface area contributed by atoms with Crippen molar-refractivity contribution in [1.82, 2.24) is 4.98 Å². The Kier molecular flexibility index (Phi) is 8.92. The molecular formula is C32H21Cl2N3O5S. The van der Waals surface area contributed by atoms with Gasteiger partial charge in [-0.15, -0.1) is 0 Å². The molecule has 3 aromatic carbocycles. The minimum Gasteiger partial charge on any atom is -0.454 e. The van der Waals surface area contributed by atoms with Crippen LogP contribution in [-0.4, -0.2) is 40.4 Å². The number of ether oxygens (including phenoxy) is 1. The van der Waals surface area contributed by atoms with Crippen molar-refractivity contribution in [3.63, 3.8) is 0 Å². The van der Waals surface area contributed by atoms with Crippen LogP contribution < -0.4 is 4.90 Å². The van der Waals surface area contributed by atoms with E-state index < -0.39 is 35.4 Å². The Morgan fingerprint density at radius 1 is 1.05 bits per heavy atom. The molecule has 214 valence electrons. The van der Waals surface area contributed by atoms with Crippen molar-refractivity contribution >= 4 is 64.2 Å². The Morgan fingerprint density at radius 2 is 1.77 bits per heavy atom. The molecule has 11 heteroatoms. The number of rotatable bonds is 8. The third-order valence-electron chi connectivity index (χ3n) is 6.63. The Hall–Kier alpha value is -4.49. The molecule has 5 rings (SSSR count). The number of esters is 1. The lowest BCUT2D eigenvalue weighted by Gasteiger charge is -2.16. The molecule has 8 nitrogen and oxygen atoms in total. The highest BCUT2D eigenvalue weighted by Gasteiger charge is 2.41. The fourth-order valence-electron chi connectivity index (χ4n) is 4.51. The quantitative estimate of drug-likeness (QED) is 0.120. The summed E-state index contributed by atoms with van der Waals surface area (Å²) in [5, 5.41) is 9.81. The molecule has 43 heavy (non-hydrogen) atoms. The fraction of sp³-hybridized carbons (Fsp3) is 0.125. The Morgan fingerprint density at radius 3 is 2.44 bits per heavy atom. The van der Waals surface area contributed by atoms with Crippen LogP contribution in [0.3, 0.4) is 0 Å². The van der Waals surface area contributed by atoms with E-state index in [-0.39, 0.29) is 28.3 Å². The number of imide groups is 1. The largest absolute Gasteiger partial charge is 0.454 e. The molecule has 2 amide bonds. The van der Waals surface area contributed by atoms with Crippen LogP contribution in [0.5, 0.6) is 0 Å². The third-order valence-corrected chi connectivity index (χ3v) is 8.37. The number of aromatic nitrogens is 1. The number of Topliss-reactive ketones (excluding diaryl/α,β-unsaturated/α-hetero) is 1. The van der Waals surface area contributed by atoms with E-state index in [2.05, 4.69) is 6.07 Å². The highest BCUT2D eigenvalue weighted by Crippen LogP contribution is 2.36. The molecule has 4 aromatic rings. The topological polar surface area (TPSA) is 117 Å². The summed E-state index contributed by atoms with van der Waals surface area (Å²) < 4.78 is 5.13. The van der Waals surface area contributed by atoms with E-state index >= 15 is 0 Å². The van der Waals surface area contributed by atoms with E-state index in [0.29, 0.717) is 21.3 Å². The number of hydrogen-bond acceptors (Lipinski definition) is 8. The number of ketones is 1. The number of benzene rings is 3. The van der Waals surface area contributed by atoms with Gasteiger partial charge in [0, 0.05) is 22.6 Å². The number of aryl methyl sites for hydroxylation is 1. The van der Waals surface area contributed by atoms with Gasteiger partial charge < -0.3 is 4.74 Å². The number of halogens is 2. The first kappa shape index (κ1) is 30.0. The molecule has 0 radical (unpaired) electrons. The van der Waals surface area contributed by atoms with Crippen LogP contribution in [0.2, 0.25) is 10.0 Å². The van der Waals surface area contributed by atoms with Crippen molar-refractivity contribution in [3.8, 4) is 17.3 Å². The average molecular weight is 631 g/mol. The van der Waals surface area contributed by atoms with E-state index in [9.17, 15) is 24.4 Å². The van der Waals surface area contributed by atoms with Gasteiger partial charge in [-0.3, -0.25) is 14.4 Å². The molecule has 1 aromatic heterocycles. The summed E-state index contributed by atoms with van der Waals surface area (Å²) >= 11 is 13.0. The SMILES string of the molecule is Cc1cc(C#N)c(SC2CC(=O)N(c3ccc(C(=O)OCC(=O)c4ccc(Cl)cc4Cl)cc3)C2=O)nc1-c1ccccc1. The van der Waals surface area contributed by atoms with Crippen molar-refractivity contribution in [1.29, 1.82) is 5.26 Å². The van der Waals surface area contributed by atoms with Gasteiger partial charge in [0.05, 0.1) is 32.8 Å². The zero-order valence-electron chi connectivity index (χ0n) is 22.5. The van der Waals surface area contributed by atoms with Crippen molar-refractivity contribution in [3.05, 3.63) is 111 Å². The lowest BCUT2D eigenvalue weighted by atomic mass is 10.1. The van der Waals surface area contributed by atoms with E-state index in [1.807, 2.05) is 37.3 Å². The second kappa shape index (κ2) is 12.8. The number of carbonyl (C=O) groups is 4. The minimum atomic E-state index is -0.784. The first-order valence-electron chi connectivity index (χ1n) is 12.9. The second-order valence-corrected chi connectivity index (χ2v) is 11.6. The van der Waals surface area contributed by atoms with E-state index in [0.717, 1.165) is 27.8 Å². The van der Waals surface area contributed by atoms with Gasteiger partial charge in [-0.25, -0.2) is 14.7 Å². The van der Waals surface area contributed by atoms with E-state index in [1.165, 1.54) is 42.5 Å². The van der Waals surface area contributed by atoms with Gasteiger partial charge >= 0.3 is 5.97 Å². The zero-order valence-corrected chi connectivity index (χ0v) is 24.9. The maximum absolute atomic E-state index is 13.3. The molecule has 1 atom stereocenters. The molecule has 0 N–H and O–H groups in total. The summed E-state index contributed by atoms with van der Waals surface area (Å²) in [4.78, 5) is 57.0. The first-order valence-corrected chi connectivity index (χ1v) is 14.6. The summed E-state index contributed by atoms with van der Waals surface area (Å²) in [6.45, 7) is 1.33. The van der Waals surface area contributed by atoms with Crippen LogP contribution in [-0.2, 0) is 14.3 Å². The van der Waals surface area contributed by atoms with Crippen LogP contribution in [0, 0.1) is 18.3 Å². The van der Waals surface area contributed by atoms with Crippen LogP contribution in [0.4, 0.5) is 5.69 Å². The predicted octanol–water partition coefficient (Wildman–Crippen LogP) is 6.70. The molecule has 0 spiro atoms. The lowest BCUT2D eigenvalue weighted by molar-refractivity contribution is -0.121. The predicted molar refractivity (Wildman–Crippen MR) is 163 cm³/mol. The van der Waals surface area contributed by atoms with Crippen LogP contribution in [0.25, 0.3) is 11.3 Å². The van der Waals surface area contributed by atoms with Gasteiger partial charge in [0.15, 0.2) is 6.61 Å². The van der Waals surface area contributed by atoms with Crippen LogP contribution >= 0.6 is 35.0 Å². The Labute approximate surface area is 261 Å². The monoisotopic (exact) mass is 629 g/mol. The van der Waals surface area contributed by atoms with Crippen molar-refractivity contribution in [2.45, 2.75) is 23.6 Å². The van der Waals surface area contributed by atoms with Crippen LogP contribution in [0.1, 0.15) is 38.3 Å². The molecule has 1 fully saturated rings. The summed E-state index contributed by atoms with van der Waals surface area (Å²) in [6, 6.07) is 23.4. The van der Waals surface area contributed by atoms with Gasteiger partial charge in [-0.05, 0) is 61.0 Å². The smallest absolute Gasteiger partial charge is 0.338 e. The number of carbonyl (C=O) groups excluding carboxylic acids is 4. The molecule has 0 aliphatic carbocycles. The number of pyridine rings is 1. The van der Waals surface area contributed by atoms with Crippen molar-refractivity contribution < 1.29 is 23.9 Å². The molecule has 2 heterocycles. The molecule has 0 bridgehead atoms. The summed E-state index contributed by atoms with van der Waals surface area (Å²) in [7, 11) is 0. The van der Waals surface area contributed by atoms with Gasteiger partial charge in [0.1, 0.15) is 11.1 Å². The number of hydrogen-bond donors (Lipinski definition) is 0. The van der Waals surface area contributed by atoms with Crippen molar-refractivity contribution in [2.75, 3.05) is 11.5 Å². The first-order chi connectivity index (χ1) is 20.7. The van der Waals surface area contributed by atoms with Gasteiger partial charge in [0.2, 0.25) is 17.6 Å². The molecule has 1 saturated heterocycles. The minimum absolute atomic E-state index is 0.0796. The number of anilines is 1. The van der Waals surface area contributed by atoms with E-state index in [4.69, 9.17) is 32.9 Å². The molecule has 0 saturated carbocycles. The van der Waals surface area contributed by atoms with Crippen LogP contribution in [0.15, 0.2) is 83.9 Å². The number of amides is 2. The summed E-state index contributed by atoms with van der Waals surface area (Å²) in [5.74, 6) is -2.14. The lowest BCUT2D eigenvalue weighted by Crippen LogP contribution is -2.31. The maximum Gasteiger partial charge on any atom is 0.338 e. The molecule has 1 aliphatic heterocycles. The van der Waals surface area contributed by atoms with Gasteiger partial charge in [-0.1, -0.05) is 65.3 Å². The third kappa shape index (κ3) is 6.47.